The van der Waals surface area contributed by atoms with Gasteiger partial charge < -0.3 is 20.5 Å². The van der Waals surface area contributed by atoms with Gasteiger partial charge in [0.2, 0.25) is 12.3 Å². The van der Waals surface area contributed by atoms with Gasteiger partial charge in [0.15, 0.2) is 0 Å². The molecule has 2 aliphatic carbocycles. The molecule has 180 valence electrons. The Morgan fingerprint density at radius 3 is 2.21 bits per heavy atom. The van der Waals surface area contributed by atoms with Gasteiger partial charge in [0.25, 0.3) is 0 Å². The molecular weight excluding hydrogens is 446 g/mol. The van der Waals surface area contributed by atoms with E-state index < -0.39 is 42.8 Å². The average molecular weight is 472 g/mol. The fraction of sp³-hybridized carbons (Fsp3) is 0.400. The normalized spacial score (nSPS) is 19.9. The van der Waals surface area contributed by atoms with Crippen molar-refractivity contribution in [3.63, 3.8) is 0 Å². The quantitative estimate of drug-likeness (QED) is 0.540. The van der Waals surface area contributed by atoms with E-state index >= 15 is 0 Å². The van der Waals surface area contributed by atoms with Gasteiger partial charge >= 0.3 is 12.1 Å². The second kappa shape index (κ2) is 10.2. The number of amides is 2. The van der Waals surface area contributed by atoms with Crippen molar-refractivity contribution >= 4 is 18.0 Å². The van der Waals surface area contributed by atoms with Crippen molar-refractivity contribution in [1.29, 1.82) is 0 Å². The van der Waals surface area contributed by atoms with Crippen molar-refractivity contribution in [2.45, 2.75) is 50.1 Å². The van der Waals surface area contributed by atoms with Crippen LogP contribution in [-0.2, 0) is 14.3 Å². The van der Waals surface area contributed by atoms with E-state index in [0.29, 0.717) is 12.8 Å². The first-order valence-corrected chi connectivity index (χ1v) is 11.3. The highest BCUT2D eigenvalue weighted by Gasteiger charge is 2.34. The number of ether oxygens (including phenoxy) is 1. The summed E-state index contributed by atoms with van der Waals surface area (Å²) in [6.45, 7) is 0.171. The monoisotopic (exact) mass is 472 g/mol. The van der Waals surface area contributed by atoms with Crippen LogP contribution in [0.1, 0.15) is 42.7 Å². The van der Waals surface area contributed by atoms with Crippen LogP contribution in [-0.4, -0.2) is 48.2 Å². The average Bonchev–Trinajstić information content (AvgIpc) is 3.39. The molecule has 3 N–H and O–H groups in total. The lowest BCUT2D eigenvalue weighted by Gasteiger charge is -2.18. The van der Waals surface area contributed by atoms with Crippen molar-refractivity contribution in [2.24, 2.45) is 5.92 Å². The first kappa shape index (κ1) is 23.7. The fourth-order valence-corrected chi connectivity index (χ4v) is 4.85. The number of hydrogen-bond acceptors (Lipinski definition) is 4. The predicted octanol–water partition coefficient (Wildman–Crippen LogP) is 3.92. The highest BCUT2D eigenvalue weighted by Crippen LogP contribution is 2.44. The van der Waals surface area contributed by atoms with Crippen molar-refractivity contribution < 1.29 is 33.0 Å². The summed E-state index contributed by atoms with van der Waals surface area (Å²) in [4.78, 5) is 35.9. The van der Waals surface area contributed by atoms with E-state index in [1.807, 2.05) is 48.5 Å². The largest absolute Gasteiger partial charge is 0.480 e. The van der Waals surface area contributed by atoms with Gasteiger partial charge in [0.1, 0.15) is 12.6 Å². The van der Waals surface area contributed by atoms with Gasteiger partial charge in [-0.15, -0.1) is 0 Å². The van der Waals surface area contributed by atoms with Gasteiger partial charge in [-0.1, -0.05) is 48.5 Å². The molecule has 2 amide bonds. The predicted molar refractivity (Wildman–Crippen MR) is 120 cm³/mol. The number of benzene rings is 2. The van der Waals surface area contributed by atoms with Crippen molar-refractivity contribution in [3.8, 4) is 11.1 Å². The molecule has 34 heavy (non-hydrogen) atoms. The Bertz CT molecular complexity index is 1030. The molecule has 7 nitrogen and oxygen atoms in total. The molecule has 1 saturated carbocycles. The third kappa shape index (κ3) is 5.18. The summed E-state index contributed by atoms with van der Waals surface area (Å²) in [5, 5.41) is 14.0. The Balaban J connectivity index is 1.29. The van der Waals surface area contributed by atoms with Crippen LogP contribution in [0.15, 0.2) is 48.5 Å². The number of carbonyl (C=O) groups excluding carboxylic acids is 2. The van der Waals surface area contributed by atoms with Gasteiger partial charge in [-0.05, 0) is 41.5 Å². The number of carbonyl (C=O) groups is 3. The lowest BCUT2D eigenvalue weighted by Crippen LogP contribution is -2.44. The molecule has 0 aromatic heterocycles. The number of alkyl carbamates (subject to hydrolysis) is 1. The zero-order chi connectivity index (χ0) is 24.2. The van der Waals surface area contributed by atoms with E-state index in [0.717, 1.165) is 22.3 Å². The third-order valence-electron chi connectivity index (χ3n) is 6.50. The Hall–Kier alpha value is -3.49. The number of fused-ring (bicyclic) bond motifs is 3. The molecule has 2 aliphatic rings. The summed E-state index contributed by atoms with van der Waals surface area (Å²) < 4.78 is 30.6. The Kier molecular flexibility index (Phi) is 7.09. The summed E-state index contributed by atoms with van der Waals surface area (Å²) in [7, 11) is 0. The lowest BCUT2D eigenvalue weighted by molar-refractivity contribution is -0.143. The molecule has 0 aliphatic heterocycles. The number of alkyl halides is 2. The van der Waals surface area contributed by atoms with Crippen LogP contribution < -0.4 is 10.6 Å². The SMILES string of the molecule is O=C(N[C@@H]1CC[C@H](C(=O)NC(CC(F)F)C(=O)O)C1)OCC1c2ccccc2-c2ccccc21. The van der Waals surface area contributed by atoms with Crippen molar-refractivity contribution in [1.82, 2.24) is 10.6 Å². The molecular formula is C25H26F2N2O5. The second-order valence-electron chi connectivity index (χ2n) is 8.70. The minimum absolute atomic E-state index is 0.0666. The highest BCUT2D eigenvalue weighted by molar-refractivity contribution is 5.85. The number of carboxylic acids is 1. The van der Waals surface area contributed by atoms with Gasteiger partial charge in [0, 0.05) is 24.3 Å². The van der Waals surface area contributed by atoms with E-state index in [4.69, 9.17) is 9.84 Å². The summed E-state index contributed by atoms with van der Waals surface area (Å²) in [5.41, 5.74) is 4.46. The van der Waals surface area contributed by atoms with E-state index in [9.17, 15) is 23.2 Å². The van der Waals surface area contributed by atoms with Crippen LogP contribution >= 0.6 is 0 Å². The minimum atomic E-state index is -2.84. The van der Waals surface area contributed by atoms with Crippen molar-refractivity contribution in [3.05, 3.63) is 59.7 Å². The molecule has 2 aromatic carbocycles. The van der Waals surface area contributed by atoms with Crippen LogP contribution in [0.25, 0.3) is 11.1 Å². The maximum atomic E-state index is 12.6. The topological polar surface area (TPSA) is 105 Å². The minimum Gasteiger partial charge on any atom is -0.480 e. The van der Waals surface area contributed by atoms with Gasteiger partial charge in [0.05, 0.1) is 0 Å². The Morgan fingerprint density at radius 2 is 1.62 bits per heavy atom. The van der Waals surface area contributed by atoms with E-state index in [-0.39, 0.29) is 25.0 Å². The van der Waals surface area contributed by atoms with Gasteiger partial charge in [-0.2, -0.15) is 0 Å². The van der Waals surface area contributed by atoms with Gasteiger partial charge in [-0.3, -0.25) is 4.79 Å². The zero-order valence-corrected chi connectivity index (χ0v) is 18.4. The van der Waals surface area contributed by atoms with Crippen LogP contribution in [0.5, 0.6) is 0 Å². The molecule has 0 saturated heterocycles. The molecule has 0 heterocycles. The molecule has 0 radical (unpaired) electrons. The number of nitrogens with one attached hydrogen (secondary N) is 2. The zero-order valence-electron chi connectivity index (χ0n) is 18.4. The maximum absolute atomic E-state index is 12.6. The van der Waals surface area contributed by atoms with Crippen LogP contribution in [0, 0.1) is 5.92 Å². The van der Waals surface area contributed by atoms with E-state index in [1.165, 1.54) is 0 Å². The second-order valence-corrected chi connectivity index (χ2v) is 8.70. The summed E-state index contributed by atoms with van der Waals surface area (Å²) in [5.74, 6) is -2.72. The standard InChI is InChI=1S/C25H26F2N2O5/c26-22(27)12-21(24(31)32)29-23(30)14-9-10-15(11-14)28-25(33)34-13-20-18-7-3-1-5-16(18)17-6-2-4-8-19(17)20/h1-8,14-15,20-22H,9-13H2,(H,28,33)(H,29,30)(H,31,32)/t14-,15+,21?/m0/s1. The Morgan fingerprint density at radius 1 is 1.00 bits per heavy atom. The third-order valence-corrected chi connectivity index (χ3v) is 6.50. The smallest absolute Gasteiger partial charge is 0.407 e. The van der Waals surface area contributed by atoms with Crippen molar-refractivity contribution in [2.75, 3.05) is 6.61 Å². The molecule has 0 spiro atoms. The van der Waals surface area contributed by atoms with Gasteiger partial charge in [-0.25, -0.2) is 18.4 Å². The molecule has 0 bridgehead atoms. The van der Waals surface area contributed by atoms with Crippen LogP contribution in [0.3, 0.4) is 0 Å². The molecule has 9 heteroatoms. The summed E-state index contributed by atoms with van der Waals surface area (Å²) in [6, 6.07) is 14.1. The number of carboxylic acid groups (broad SMARTS) is 1. The van der Waals surface area contributed by atoms with E-state index in [2.05, 4.69) is 10.6 Å². The Labute approximate surface area is 195 Å². The number of hydrogen-bond donors (Lipinski definition) is 3. The highest BCUT2D eigenvalue weighted by atomic mass is 19.3. The molecule has 3 atom stereocenters. The molecule has 1 unspecified atom stereocenters. The van der Waals surface area contributed by atoms with E-state index in [1.54, 1.807) is 0 Å². The lowest BCUT2D eigenvalue weighted by atomic mass is 9.98. The van der Waals surface area contributed by atoms with Crippen LogP contribution in [0.2, 0.25) is 0 Å². The summed E-state index contributed by atoms with van der Waals surface area (Å²) >= 11 is 0. The van der Waals surface area contributed by atoms with Crippen LogP contribution in [0.4, 0.5) is 13.6 Å². The number of halogens is 2. The number of rotatable bonds is 8. The molecule has 1 fully saturated rings. The molecule has 2 aromatic rings. The molecule has 4 rings (SSSR count). The fourth-order valence-electron chi connectivity index (χ4n) is 4.85. The summed E-state index contributed by atoms with van der Waals surface area (Å²) in [6.07, 6.45) is -3.16. The first-order valence-electron chi connectivity index (χ1n) is 11.3. The maximum Gasteiger partial charge on any atom is 0.407 e. The first-order chi connectivity index (χ1) is 16.3. The number of aliphatic carboxylic acids is 1.